The number of halogens is 1. The van der Waals surface area contributed by atoms with Gasteiger partial charge >= 0.3 is 0 Å². The Morgan fingerprint density at radius 3 is 2.66 bits per heavy atom. The molecule has 4 rings (SSSR count). The molecule has 1 aliphatic rings. The zero-order valence-corrected chi connectivity index (χ0v) is 19.1. The third-order valence-corrected chi connectivity index (χ3v) is 7.04. The van der Waals surface area contributed by atoms with Gasteiger partial charge in [0, 0.05) is 49.3 Å². The van der Waals surface area contributed by atoms with E-state index in [-0.39, 0.29) is 5.91 Å². The number of carbonyl (C=O) groups excluding carboxylic acids is 1. The van der Waals surface area contributed by atoms with Gasteiger partial charge in [-0.2, -0.15) is 0 Å². The van der Waals surface area contributed by atoms with E-state index in [9.17, 15) is 4.79 Å². The Kier molecular flexibility index (Phi) is 6.18. The van der Waals surface area contributed by atoms with Crippen molar-refractivity contribution in [3.8, 4) is 0 Å². The summed E-state index contributed by atoms with van der Waals surface area (Å²) >= 11 is 5.28. The molecule has 2 heterocycles. The van der Waals surface area contributed by atoms with Gasteiger partial charge in [-0.25, -0.2) is 4.98 Å². The normalized spacial score (nSPS) is 15.1. The van der Waals surface area contributed by atoms with Crippen LogP contribution in [0.15, 0.2) is 40.9 Å². The first-order valence-corrected chi connectivity index (χ1v) is 11.5. The van der Waals surface area contributed by atoms with Gasteiger partial charge in [-0.05, 0) is 55.3 Å². The highest BCUT2D eigenvalue weighted by molar-refractivity contribution is 9.10. The van der Waals surface area contributed by atoms with Gasteiger partial charge in [-0.3, -0.25) is 9.69 Å². The van der Waals surface area contributed by atoms with Crippen LogP contribution >= 0.6 is 27.3 Å². The molecule has 1 saturated heterocycles. The van der Waals surface area contributed by atoms with Crippen LogP contribution in [0.25, 0.3) is 10.2 Å². The maximum Gasteiger partial charge on any atom is 0.251 e. The number of nitrogens with zero attached hydrogens (tertiary/aromatic N) is 3. The fraction of sp³-hybridized carbons (Fsp3) is 0.364. The molecule has 7 heteroatoms. The summed E-state index contributed by atoms with van der Waals surface area (Å²) in [6, 6.07) is 12.1. The molecule has 5 nitrogen and oxygen atoms in total. The van der Waals surface area contributed by atoms with Gasteiger partial charge in [0.2, 0.25) is 0 Å². The quantitative estimate of drug-likeness (QED) is 0.603. The minimum absolute atomic E-state index is 0.00683. The second-order valence-electron chi connectivity index (χ2n) is 7.49. The Bertz CT molecular complexity index is 1030. The van der Waals surface area contributed by atoms with Crippen molar-refractivity contribution in [2.75, 3.05) is 44.2 Å². The number of rotatable bonds is 5. The van der Waals surface area contributed by atoms with Crippen molar-refractivity contribution in [2.45, 2.75) is 13.8 Å². The predicted octanol–water partition coefficient (Wildman–Crippen LogP) is 4.23. The number of aryl methyl sites for hydroxylation is 2. The van der Waals surface area contributed by atoms with Gasteiger partial charge in [0.1, 0.15) is 0 Å². The van der Waals surface area contributed by atoms with E-state index in [2.05, 4.69) is 50.1 Å². The van der Waals surface area contributed by atoms with Gasteiger partial charge in [-0.1, -0.05) is 33.3 Å². The molecule has 29 heavy (non-hydrogen) atoms. The topological polar surface area (TPSA) is 48.5 Å². The van der Waals surface area contributed by atoms with E-state index >= 15 is 0 Å². The van der Waals surface area contributed by atoms with Gasteiger partial charge in [0.05, 0.1) is 10.2 Å². The van der Waals surface area contributed by atoms with Crippen LogP contribution in [0.4, 0.5) is 5.13 Å². The third-order valence-electron chi connectivity index (χ3n) is 5.46. The van der Waals surface area contributed by atoms with Crippen molar-refractivity contribution in [3.05, 3.63) is 57.6 Å². The minimum atomic E-state index is 0.00683. The number of piperazine rings is 1. The number of anilines is 1. The summed E-state index contributed by atoms with van der Waals surface area (Å²) < 4.78 is 2.30. The van der Waals surface area contributed by atoms with Crippen LogP contribution in [0.3, 0.4) is 0 Å². The molecule has 0 saturated carbocycles. The lowest BCUT2D eigenvalue weighted by molar-refractivity contribution is 0.0947. The largest absolute Gasteiger partial charge is 0.351 e. The van der Waals surface area contributed by atoms with Crippen molar-refractivity contribution in [2.24, 2.45) is 0 Å². The van der Waals surface area contributed by atoms with E-state index in [1.54, 1.807) is 11.3 Å². The number of thiazole rings is 1. The van der Waals surface area contributed by atoms with E-state index in [0.717, 1.165) is 59.0 Å². The number of nitrogens with one attached hydrogen (secondary N) is 1. The Morgan fingerprint density at radius 1 is 1.10 bits per heavy atom. The summed E-state index contributed by atoms with van der Waals surface area (Å²) in [5, 5.41) is 4.15. The first kappa shape index (κ1) is 20.3. The number of aromatic nitrogens is 1. The second-order valence-corrected chi connectivity index (χ2v) is 9.42. The van der Waals surface area contributed by atoms with Crippen molar-refractivity contribution in [1.82, 2.24) is 15.2 Å². The summed E-state index contributed by atoms with van der Waals surface area (Å²) in [6.45, 7) is 9.54. The minimum Gasteiger partial charge on any atom is -0.351 e. The van der Waals surface area contributed by atoms with Gasteiger partial charge < -0.3 is 10.2 Å². The zero-order valence-electron chi connectivity index (χ0n) is 16.7. The van der Waals surface area contributed by atoms with Crippen LogP contribution in [-0.4, -0.2) is 55.1 Å². The summed E-state index contributed by atoms with van der Waals surface area (Å²) in [5.74, 6) is 0.00683. The molecule has 0 aliphatic carbocycles. The van der Waals surface area contributed by atoms with Crippen LogP contribution in [0.2, 0.25) is 0 Å². The van der Waals surface area contributed by atoms with Crippen molar-refractivity contribution in [1.29, 1.82) is 0 Å². The molecular weight excluding hydrogens is 448 g/mol. The molecule has 1 fully saturated rings. The summed E-state index contributed by atoms with van der Waals surface area (Å²) in [4.78, 5) is 21.9. The number of benzene rings is 2. The number of carbonyl (C=O) groups is 1. The van der Waals surface area contributed by atoms with Crippen LogP contribution in [0.5, 0.6) is 0 Å². The Balaban J connectivity index is 1.25. The van der Waals surface area contributed by atoms with Crippen LogP contribution in [-0.2, 0) is 0 Å². The summed E-state index contributed by atoms with van der Waals surface area (Å²) in [7, 11) is 0. The smallest absolute Gasteiger partial charge is 0.251 e. The SMILES string of the molecule is Cc1ccc(C(=O)NCCN2CCN(c3nc4ccc(Br)cc4s3)CC2)cc1C. The van der Waals surface area contributed by atoms with Gasteiger partial charge in [0.15, 0.2) is 5.13 Å². The van der Waals surface area contributed by atoms with Crippen molar-refractivity contribution >= 4 is 48.5 Å². The molecule has 1 amide bonds. The first-order chi connectivity index (χ1) is 14.0. The molecule has 0 spiro atoms. The van der Waals surface area contributed by atoms with E-state index in [0.29, 0.717) is 6.54 Å². The maximum atomic E-state index is 12.3. The Hall–Kier alpha value is -1.96. The first-order valence-electron chi connectivity index (χ1n) is 9.88. The fourth-order valence-electron chi connectivity index (χ4n) is 3.50. The lowest BCUT2D eigenvalue weighted by Crippen LogP contribution is -2.48. The third kappa shape index (κ3) is 4.79. The van der Waals surface area contributed by atoms with E-state index in [1.165, 1.54) is 10.3 Å². The van der Waals surface area contributed by atoms with E-state index in [4.69, 9.17) is 4.98 Å². The molecule has 152 valence electrons. The number of amides is 1. The average Bonchev–Trinajstić information content (AvgIpc) is 3.13. The lowest BCUT2D eigenvalue weighted by atomic mass is 10.1. The summed E-state index contributed by atoms with van der Waals surface area (Å²) in [5.41, 5.74) is 4.15. The summed E-state index contributed by atoms with van der Waals surface area (Å²) in [6.07, 6.45) is 0. The van der Waals surface area contributed by atoms with E-state index in [1.807, 2.05) is 31.2 Å². The van der Waals surface area contributed by atoms with Crippen molar-refractivity contribution < 1.29 is 4.79 Å². The Labute approximate surface area is 183 Å². The molecule has 1 N–H and O–H groups in total. The van der Waals surface area contributed by atoms with Gasteiger partial charge in [0.25, 0.3) is 5.91 Å². The van der Waals surface area contributed by atoms with Gasteiger partial charge in [-0.15, -0.1) is 0 Å². The molecule has 3 aromatic rings. The highest BCUT2D eigenvalue weighted by atomic mass is 79.9. The Morgan fingerprint density at radius 2 is 1.90 bits per heavy atom. The highest BCUT2D eigenvalue weighted by Gasteiger charge is 2.20. The molecule has 2 aromatic carbocycles. The predicted molar refractivity (Wildman–Crippen MR) is 124 cm³/mol. The van der Waals surface area contributed by atoms with Crippen molar-refractivity contribution in [3.63, 3.8) is 0 Å². The zero-order chi connectivity index (χ0) is 20.4. The average molecular weight is 473 g/mol. The molecular formula is C22H25BrN4OS. The van der Waals surface area contributed by atoms with E-state index < -0.39 is 0 Å². The fourth-order valence-corrected chi connectivity index (χ4v) is 5.07. The maximum absolute atomic E-state index is 12.3. The molecule has 0 bridgehead atoms. The second kappa shape index (κ2) is 8.81. The lowest BCUT2D eigenvalue weighted by Gasteiger charge is -2.34. The monoisotopic (exact) mass is 472 g/mol. The number of hydrogen-bond donors (Lipinski definition) is 1. The molecule has 0 unspecified atom stereocenters. The highest BCUT2D eigenvalue weighted by Crippen LogP contribution is 2.31. The van der Waals surface area contributed by atoms with Crippen LogP contribution in [0, 0.1) is 13.8 Å². The van der Waals surface area contributed by atoms with Crippen LogP contribution < -0.4 is 10.2 Å². The molecule has 0 radical (unpaired) electrons. The standard InChI is InChI=1S/C22H25BrN4OS/c1-15-3-4-17(13-16(15)2)21(28)24-7-8-26-9-11-27(12-10-26)22-25-19-6-5-18(23)14-20(19)29-22/h3-6,13-14H,7-12H2,1-2H3,(H,24,28). The molecule has 1 aromatic heterocycles. The van der Waals surface area contributed by atoms with Crippen LogP contribution in [0.1, 0.15) is 21.5 Å². The number of fused-ring (bicyclic) bond motifs is 1. The molecule has 1 aliphatic heterocycles. The number of hydrogen-bond acceptors (Lipinski definition) is 5. The molecule has 0 atom stereocenters.